The second kappa shape index (κ2) is 11.0. The summed E-state index contributed by atoms with van der Waals surface area (Å²) in [5.74, 6) is 0.582. The molecule has 0 fully saturated rings. The lowest BCUT2D eigenvalue weighted by atomic mass is 9.95. The van der Waals surface area contributed by atoms with Crippen LogP contribution in [0.3, 0.4) is 0 Å². The molecule has 0 heterocycles. The Morgan fingerprint density at radius 1 is 0.786 bits per heavy atom. The average molecular weight is 200 g/mol. The quantitative estimate of drug-likeness (QED) is 0.525. The van der Waals surface area contributed by atoms with Gasteiger partial charge in [0.1, 0.15) is 0 Å². The molecule has 1 heteroatoms. The Balaban J connectivity index is 3.28. The van der Waals surface area contributed by atoms with Gasteiger partial charge in [0.15, 0.2) is 0 Å². The summed E-state index contributed by atoms with van der Waals surface area (Å²) in [6.07, 6.45) is 11.7. The maximum Gasteiger partial charge on any atom is 0.0459 e. The molecule has 14 heavy (non-hydrogen) atoms. The Hall–Kier alpha value is -0.0400. The van der Waals surface area contributed by atoms with Crippen molar-refractivity contribution < 1.29 is 5.11 Å². The lowest BCUT2D eigenvalue weighted by Crippen LogP contribution is -2.05. The first kappa shape index (κ1) is 14.0. The molecule has 86 valence electrons. The van der Waals surface area contributed by atoms with Crippen LogP contribution in [0.2, 0.25) is 0 Å². The van der Waals surface area contributed by atoms with Crippen molar-refractivity contribution in [3.8, 4) is 0 Å². The number of hydrogen-bond acceptors (Lipinski definition) is 1. The summed E-state index contributed by atoms with van der Waals surface area (Å²) in [5.41, 5.74) is 0. The van der Waals surface area contributed by atoms with Crippen LogP contribution in [-0.2, 0) is 0 Å². The summed E-state index contributed by atoms with van der Waals surface area (Å²) in [4.78, 5) is 0. The minimum Gasteiger partial charge on any atom is -0.396 e. The maximum absolute atomic E-state index is 9.18. The maximum atomic E-state index is 9.18. The van der Waals surface area contributed by atoms with Crippen molar-refractivity contribution in [2.24, 2.45) is 5.92 Å². The van der Waals surface area contributed by atoms with Crippen LogP contribution in [0.5, 0.6) is 0 Å². The zero-order valence-electron chi connectivity index (χ0n) is 10.1. The molecular formula is C13H28O. The third-order valence-electron chi connectivity index (χ3n) is 2.94. The molecule has 0 spiro atoms. The number of aliphatic hydroxyl groups excluding tert-OH is 1. The second-order valence-electron chi connectivity index (χ2n) is 4.39. The largest absolute Gasteiger partial charge is 0.396 e. The summed E-state index contributed by atoms with van der Waals surface area (Å²) >= 11 is 0. The monoisotopic (exact) mass is 200 g/mol. The minimum absolute atomic E-state index is 0.399. The molecule has 0 rings (SSSR count). The van der Waals surface area contributed by atoms with Crippen LogP contribution in [0.4, 0.5) is 0 Å². The van der Waals surface area contributed by atoms with Crippen LogP contribution in [0.1, 0.15) is 71.6 Å². The summed E-state index contributed by atoms with van der Waals surface area (Å²) in [6.45, 7) is 4.87. The standard InChI is InChI=1S/C13H28O/c1-3-5-7-9-11-13(12-14)10-8-6-4-2/h13-14H,3-12H2,1-2H3. The normalized spacial score (nSPS) is 13.1. The number of aliphatic hydroxyl groups is 1. The van der Waals surface area contributed by atoms with E-state index in [1.54, 1.807) is 0 Å². The van der Waals surface area contributed by atoms with Gasteiger partial charge in [-0.05, 0) is 18.8 Å². The molecule has 0 bridgehead atoms. The molecule has 1 atom stereocenters. The van der Waals surface area contributed by atoms with Crippen LogP contribution in [0.15, 0.2) is 0 Å². The number of rotatable bonds is 10. The molecule has 0 aliphatic rings. The van der Waals surface area contributed by atoms with Gasteiger partial charge in [0.25, 0.3) is 0 Å². The summed E-state index contributed by atoms with van der Waals surface area (Å²) < 4.78 is 0. The molecular weight excluding hydrogens is 172 g/mol. The molecule has 0 aromatic rings. The Bertz CT molecular complexity index is 101. The van der Waals surface area contributed by atoms with Crippen molar-refractivity contribution in [3.63, 3.8) is 0 Å². The predicted octanol–water partition coefficient (Wildman–Crippen LogP) is 4.15. The highest BCUT2D eigenvalue weighted by Gasteiger charge is 2.06. The summed E-state index contributed by atoms with van der Waals surface area (Å²) in [5, 5.41) is 9.18. The van der Waals surface area contributed by atoms with E-state index in [0.717, 1.165) is 0 Å². The van der Waals surface area contributed by atoms with Crippen molar-refractivity contribution in [3.05, 3.63) is 0 Å². The van der Waals surface area contributed by atoms with Gasteiger partial charge >= 0.3 is 0 Å². The van der Waals surface area contributed by atoms with Crippen molar-refractivity contribution in [1.82, 2.24) is 0 Å². The fourth-order valence-corrected chi connectivity index (χ4v) is 1.87. The molecule has 0 saturated heterocycles. The van der Waals surface area contributed by atoms with E-state index < -0.39 is 0 Å². The minimum atomic E-state index is 0.399. The molecule has 0 saturated carbocycles. The smallest absolute Gasteiger partial charge is 0.0459 e. The third-order valence-corrected chi connectivity index (χ3v) is 2.94. The number of hydrogen-bond donors (Lipinski definition) is 1. The molecule has 1 nitrogen and oxygen atoms in total. The fraction of sp³-hybridized carbons (Fsp3) is 1.00. The van der Waals surface area contributed by atoms with E-state index in [4.69, 9.17) is 0 Å². The van der Waals surface area contributed by atoms with Crippen LogP contribution < -0.4 is 0 Å². The van der Waals surface area contributed by atoms with E-state index in [0.29, 0.717) is 12.5 Å². The lowest BCUT2D eigenvalue weighted by Gasteiger charge is -2.13. The van der Waals surface area contributed by atoms with E-state index >= 15 is 0 Å². The van der Waals surface area contributed by atoms with Gasteiger partial charge in [-0.15, -0.1) is 0 Å². The molecule has 0 aliphatic carbocycles. The van der Waals surface area contributed by atoms with E-state index in [1.807, 2.05) is 0 Å². The SMILES string of the molecule is CCCCCCC(CO)CCCCC. The van der Waals surface area contributed by atoms with Gasteiger partial charge in [-0.1, -0.05) is 58.8 Å². The van der Waals surface area contributed by atoms with Crippen LogP contribution in [0.25, 0.3) is 0 Å². The highest BCUT2D eigenvalue weighted by molar-refractivity contribution is 4.58. The van der Waals surface area contributed by atoms with Crippen LogP contribution in [0, 0.1) is 5.92 Å². The van der Waals surface area contributed by atoms with Crippen LogP contribution in [-0.4, -0.2) is 11.7 Å². The van der Waals surface area contributed by atoms with Gasteiger partial charge in [0, 0.05) is 6.61 Å². The van der Waals surface area contributed by atoms with Crippen molar-refractivity contribution >= 4 is 0 Å². The van der Waals surface area contributed by atoms with Crippen LogP contribution >= 0.6 is 0 Å². The van der Waals surface area contributed by atoms with Gasteiger partial charge < -0.3 is 5.11 Å². The molecule has 1 N–H and O–H groups in total. The fourth-order valence-electron chi connectivity index (χ4n) is 1.87. The first-order valence-corrected chi connectivity index (χ1v) is 6.46. The zero-order valence-corrected chi connectivity index (χ0v) is 10.1. The van der Waals surface area contributed by atoms with E-state index in [-0.39, 0.29) is 0 Å². The molecule has 0 aromatic heterocycles. The Labute approximate surface area is 89.9 Å². The van der Waals surface area contributed by atoms with E-state index in [9.17, 15) is 5.11 Å². The van der Waals surface area contributed by atoms with E-state index in [1.165, 1.54) is 57.8 Å². The Morgan fingerprint density at radius 2 is 1.29 bits per heavy atom. The highest BCUT2D eigenvalue weighted by Crippen LogP contribution is 2.17. The van der Waals surface area contributed by atoms with E-state index in [2.05, 4.69) is 13.8 Å². The zero-order chi connectivity index (χ0) is 10.6. The average Bonchev–Trinajstić information content (AvgIpc) is 2.22. The number of unbranched alkanes of at least 4 members (excludes halogenated alkanes) is 5. The molecule has 1 unspecified atom stereocenters. The molecule has 0 aromatic carbocycles. The van der Waals surface area contributed by atoms with Gasteiger partial charge in [-0.2, -0.15) is 0 Å². The predicted molar refractivity (Wildman–Crippen MR) is 63.5 cm³/mol. The summed E-state index contributed by atoms with van der Waals surface area (Å²) in [6, 6.07) is 0. The topological polar surface area (TPSA) is 20.2 Å². The summed E-state index contributed by atoms with van der Waals surface area (Å²) in [7, 11) is 0. The van der Waals surface area contributed by atoms with Gasteiger partial charge in [-0.3, -0.25) is 0 Å². The lowest BCUT2D eigenvalue weighted by molar-refractivity contribution is 0.204. The molecule has 0 aliphatic heterocycles. The molecule has 0 radical (unpaired) electrons. The van der Waals surface area contributed by atoms with Crippen molar-refractivity contribution in [2.75, 3.05) is 6.61 Å². The van der Waals surface area contributed by atoms with Gasteiger partial charge in [0.05, 0.1) is 0 Å². The van der Waals surface area contributed by atoms with Crippen molar-refractivity contribution in [2.45, 2.75) is 71.6 Å². The Kier molecular flexibility index (Phi) is 11.0. The highest BCUT2D eigenvalue weighted by atomic mass is 16.3. The third kappa shape index (κ3) is 8.55. The van der Waals surface area contributed by atoms with Gasteiger partial charge in [-0.25, -0.2) is 0 Å². The first-order valence-electron chi connectivity index (χ1n) is 6.46. The first-order chi connectivity index (χ1) is 6.85. The van der Waals surface area contributed by atoms with Crippen molar-refractivity contribution in [1.29, 1.82) is 0 Å². The molecule has 0 amide bonds. The Morgan fingerprint density at radius 3 is 1.79 bits per heavy atom. The second-order valence-corrected chi connectivity index (χ2v) is 4.39. The van der Waals surface area contributed by atoms with Gasteiger partial charge in [0.2, 0.25) is 0 Å².